The lowest BCUT2D eigenvalue weighted by molar-refractivity contribution is 0.153. The minimum Gasteiger partial charge on any atom is -0.395 e. The Labute approximate surface area is 120 Å². The van der Waals surface area contributed by atoms with Crippen LogP contribution in [0.25, 0.3) is 0 Å². The van der Waals surface area contributed by atoms with Crippen molar-refractivity contribution in [3.05, 3.63) is 29.8 Å². The summed E-state index contributed by atoms with van der Waals surface area (Å²) in [5.41, 5.74) is 0.966. The molecule has 0 saturated carbocycles. The number of aliphatic hydroxyl groups is 1. The second-order valence-electron chi connectivity index (χ2n) is 5.38. The van der Waals surface area contributed by atoms with Crippen LogP contribution in [0.15, 0.2) is 29.2 Å². The van der Waals surface area contributed by atoms with Crippen LogP contribution in [0.3, 0.4) is 0 Å². The SMILES string of the molecule is CN(C)S(=O)(=O)c1cccc(CN2CCC[C@@H]2CO)c1. The molecule has 0 unspecified atom stereocenters. The average Bonchev–Trinajstić information content (AvgIpc) is 2.86. The van der Waals surface area contributed by atoms with Crippen molar-refractivity contribution < 1.29 is 13.5 Å². The van der Waals surface area contributed by atoms with Gasteiger partial charge in [0, 0.05) is 26.7 Å². The zero-order valence-corrected chi connectivity index (χ0v) is 12.8. The summed E-state index contributed by atoms with van der Waals surface area (Å²) < 4.78 is 25.4. The van der Waals surface area contributed by atoms with Crippen molar-refractivity contribution in [2.75, 3.05) is 27.2 Å². The molecule has 6 heteroatoms. The van der Waals surface area contributed by atoms with Crippen molar-refractivity contribution in [2.24, 2.45) is 0 Å². The Balaban J connectivity index is 2.18. The van der Waals surface area contributed by atoms with Crippen molar-refractivity contribution >= 4 is 10.0 Å². The Bertz CT molecular complexity index is 557. The highest BCUT2D eigenvalue weighted by molar-refractivity contribution is 7.89. The maximum absolute atomic E-state index is 12.1. The Morgan fingerprint density at radius 3 is 2.80 bits per heavy atom. The number of rotatable bonds is 5. The Morgan fingerprint density at radius 2 is 2.15 bits per heavy atom. The van der Waals surface area contributed by atoms with Crippen LogP contribution in [0, 0.1) is 0 Å². The first-order valence-electron chi connectivity index (χ1n) is 6.81. The van der Waals surface area contributed by atoms with Crippen molar-refractivity contribution in [1.29, 1.82) is 0 Å². The van der Waals surface area contributed by atoms with E-state index in [0.29, 0.717) is 11.4 Å². The monoisotopic (exact) mass is 298 g/mol. The molecule has 0 bridgehead atoms. The van der Waals surface area contributed by atoms with Crippen molar-refractivity contribution in [3.8, 4) is 0 Å². The minimum absolute atomic E-state index is 0.162. The van der Waals surface area contributed by atoms with E-state index in [4.69, 9.17) is 0 Å². The molecule has 20 heavy (non-hydrogen) atoms. The molecule has 1 aromatic carbocycles. The second-order valence-corrected chi connectivity index (χ2v) is 7.54. The second kappa shape index (κ2) is 6.22. The smallest absolute Gasteiger partial charge is 0.242 e. The topological polar surface area (TPSA) is 60.9 Å². The van der Waals surface area contributed by atoms with Crippen molar-refractivity contribution in [3.63, 3.8) is 0 Å². The fraction of sp³-hybridized carbons (Fsp3) is 0.571. The number of sulfonamides is 1. The van der Waals surface area contributed by atoms with Crippen LogP contribution in [-0.2, 0) is 16.6 Å². The molecular formula is C14H22N2O3S. The van der Waals surface area contributed by atoms with Gasteiger partial charge >= 0.3 is 0 Å². The lowest BCUT2D eigenvalue weighted by Gasteiger charge is -2.23. The van der Waals surface area contributed by atoms with Gasteiger partial charge in [0.1, 0.15) is 0 Å². The molecule has 5 nitrogen and oxygen atoms in total. The normalized spacial score (nSPS) is 20.7. The molecule has 1 N–H and O–H groups in total. The molecule has 1 aliphatic heterocycles. The van der Waals surface area contributed by atoms with Gasteiger partial charge in [0.15, 0.2) is 0 Å². The molecule has 1 saturated heterocycles. The van der Waals surface area contributed by atoms with E-state index in [2.05, 4.69) is 4.90 Å². The third-order valence-corrected chi connectivity index (χ3v) is 5.58. The van der Waals surface area contributed by atoms with E-state index in [1.54, 1.807) is 18.2 Å². The molecule has 0 radical (unpaired) electrons. The fourth-order valence-electron chi connectivity index (χ4n) is 2.56. The van der Waals surface area contributed by atoms with Crippen LogP contribution >= 0.6 is 0 Å². The van der Waals surface area contributed by atoms with Gasteiger partial charge in [-0.2, -0.15) is 0 Å². The molecular weight excluding hydrogens is 276 g/mol. The molecule has 1 aromatic rings. The third kappa shape index (κ3) is 3.20. The third-order valence-electron chi connectivity index (χ3n) is 3.77. The summed E-state index contributed by atoms with van der Waals surface area (Å²) in [5, 5.41) is 9.33. The summed E-state index contributed by atoms with van der Waals surface area (Å²) in [6.45, 7) is 1.80. The predicted octanol–water partition coefficient (Wildman–Crippen LogP) is 0.894. The Kier molecular flexibility index (Phi) is 4.80. The number of likely N-dealkylation sites (tertiary alicyclic amines) is 1. The first kappa shape index (κ1) is 15.4. The number of benzene rings is 1. The van der Waals surface area contributed by atoms with Crippen molar-refractivity contribution in [1.82, 2.24) is 9.21 Å². The largest absolute Gasteiger partial charge is 0.395 e. The minimum atomic E-state index is -3.39. The number of hydrogen-bond acceptors (Lipinski definition) is 4. The van der Waals surface area contributed by atoms with Crippen LogP contribution in [0.4, 0.5) is 0 Å². The number of hydrogen-bond donors (Lipinski definition) is 1. The highest BCUT2D eigenvalue weighted by Crippen LogP contribution is 2.21. The highest BCUT2D eigenvalue weighted by atomic mass is 32.2. The van der Waals surface area contributed by atoms with Gasteiger partial charge in [-0.3, -0.25) is 4.90 Å². The first-order valence-corrected chi connectivity index (χ1v) is 8.25. The van der Waals surface area contributed by atoms with Crippen LogP contribution in [-0.4, -0.2) is 56.0 Å². The number of aliphatic hydroxyl groups excluding tert-OH is 1. The fourth-order valence-corrected chi connectivity index (χ4v) is 3.53. The van der Waals surface area contributed by atoms with Gasteiger partial charge in [0.2, 0.25) is 10.0 Å². The molecule has 1 atom stereocenters. The molecule has 1 fully saturated rings. The van der Waals surface area contributed by atoms with E-state index in [1.165, 1.54) is 18.4 Å². The van der Waals surface area contributed by atoms with Gasteiger partial charge < -0.3 is 5.11 Å². The Morgan fingerprint density at radius 1 is 1.40 bits per heavy atom. The predicted molar refractivity (Wildman–Crippen MR) is 77.8 cm³/mol. The van der Waals surface area contributed by atoms with Gasteiger partial charge in [0.05, 0.1) is 11.5 Å². The average molecular weight is 298 g/mol. The maximum atomic E-state index is 12.1. The summed E-state index contributed by atoms with van der Waals surface area (Å²) in [7, 11) is -0.323. The highest BCUT2D eigenvalue weighted by Gasteiger charge is 2.24. The summed E-state index contributed by atoms with van der Waals surface area (Å²) in [6.07, 6.45) is 2.09. The van der Waals surface area contributed by atoms with E-state index >= 15 is 0 Å². The van der Waals surface area contributed by atoms with Gasteiger partial charge in [-0.05, 0) is 37.1 Å². The van der Waals surface area contributed by atoms with Gasteiger partial charge in [0.25, 0.3) is 0 Å². The summed E-state index contributed by atoms with van der Waals surface area (Å²) in [4.78, 5) is 2.53. The lowest BCUT2D eigenvalue weighted by Crippen LogP contribution is -2.31. The lowest BCUT2D eigenvalue weighted by atomic mass is 10.2. The maximum Gasteiger partial charge on any atom is 0.242 e. The van der Waals surface area contributed by atoms with Crippen LogP contribution in [0.5, 0.6) is 0 Å². The quantitative estimate of drug-likeness (QED) is 0.877. The van der Waals surface area contributed by atoms with Crippen LogP contribution < -0.4 is 0 Å². The molecule has 1 aliphatic rings. The molecule has 0 aromatic heterocycles. The standard InChI is InChI=1S/C14H22N2O3S/c1-15(2)20(18,19)14-7-3-5-12(9-14)10-16-8-4-6-13(16)11-17/h3,5,7,9,13,17H,4,6,8,10-11H2,1-2H3/t13-/m1/s1. The van der Waals surface area contributed by atoms with Crippen molar-refractivity contribution in [2.45, 2.75) is 30.3 Å². The van der Waals surface area contributed by atoms with E-state index in [1.807, 2.05) is 6.07 Å². The van der Waals surface area contributed by atoms with E-state index < -0.39 is 10.0 Å². The zero-order valence-electron chi connectivity index (χ0n) is 12.0. The molecule has 2 rings (SSSR count). The Hall–Kier alpha value is -0.950. The summed E-state index contributed by atoms with van der Waals surface area (Å²) in [5.74, 6) is 0. The molecule has 0 amide bonds. The molecule has 0 aliphatic carbocycles. The van der Waals surface area contributed by atoms with Crippen LogP contribution in [0.1, 0.15) is 18.4 Å². The van der Waals surface area contributed by atoms with Gasteiger partial charge in [-0.25, -0.2) is 12.7 Å². The molecule has 1 heterocycles. The first-order chi connectivity index (χ1) is 9.45. The van der Waals surface area contributed by atoms with Gasteiger partial charge in [-0.1, -0.05) is 12.1 Å². The van der Waals surface area contributed by atoms with E-state index in [-0.39, 0.29) is 12.6 Å². The van der Waals surface area contributed by atoms with E-state index in [0.717, 1.165) is 24.9 Å². The molecule has 112 valence electrons. The van der Waals surface area contributed by atoms with Gasteiger partial charge in [-0.15, -0.1) is 0 Å². The number of nitrogens with zero attached hydrogens (tertiary/aromatic N) is 2. The zero-order chi connectivity index (χ0) is 14.8. The van der Waals surface area contributed by atoms with Crippen LogP contribution in [0.2, 0.25) is 0 Å². The summed E-state index contributed by atoms with van der Waals surface area (Å²) >= 11 is 0. The molecule has 0 spiro atoms. The van der Waals surface area contributed by atoms with E-state index in [9.17, 15) is 13.5 Å². The summed E-state index contributed by atoms with van der Waals surface area (Å²) in [6, 6.07) is 7.25.